The Morgan fingerprint density at radius 1 is 1.17 bits per heavy atom. The van der Waals surface area contributed by atoms with E-state index in [4.69, 9.17) is 5.73 Å². The molecule has 4 nitrogen and oxygen atoms in total. The van der Waals surface area contributed by atoms with E-state index in [0.717, 1.165) is 38.9 Å². The molecule has 0 bridgehead atoms. The Morgan fingerprint density at radius 2 is 1.92 bits per heavy atom. The first-order chi connectivity index (χ1) is 10.7. The van der Waals surface area contributed by atoms with E-state index >= 15 is 0 Å². The summed E-state index contributed by atoms with van der Waals surface area (Å²) in [5.74, 6) is 0.346. The molecule has 136 valence electrons. The Kier molecular flexibility index (Phi) is 9.06. The molecule has 2 aliphatic rings. The number of halogens is 2. The quantitative estimate of drug-likeness (QED) is 0.833. The van der Waals surface area contributed by atoms with E-state index in [1.807, 2.05) is 0 Å². The van der Waals surface area contributed by atoms with E-state index in [1.54, 1.807) is 0 Å². The van der Waals surface area contributed by atoms with E-state index in [-0.39, 0.29) is 42.7 Å². The van der Waals surface area contributed by atoms with Gasteiger partial charge in [-0.3, -0.25) is 9.69 Å². The number of carbonyl (C=O) groups is 1. The fourth-order valence-electron chi connectivity index (χ4n) is 3.77. The summed E-state index contributed by atoms with van der Waals surface area (Å²) in [6.45, 7) is 2.89. The minimum absolute atomic E-state index is 0. The number of benzene rings is 1. The fraction of sp³-hybridized carbons (Fsp3) is 0.611. The zero-order chi connectivity index (χ0) is 15.4. The summed E-state index contributed by atoms with van der Waals surface area (Å²) >= 11 is 0. The van der Waals surface area contributed by atoms with Crippen LogP contribution in [0.1, 0.15) is 37.7 Å². The maximum absolute atomic E-state index is 12.2. The number of hydrogen-bond donors (Lipinski definition) is 2. The third-order valence-corrected chi connectivity index (χ3v) is 5.08. The third-order valence-electron chi connectivity index (χ3n) is 5.08. The van der Waals surface area contributed by atoms with Crippen LogP contribution in [-0.4, -0.2) is 36.0 Å². The third kappa shape index (κ3) is 5.62. The van der Waals surface area contributed by atoms with E-state index < -0.39 is 0 Å². The van der Waals surface area contributed by atoms with Crippen LogP contribution in [0.4, 0.5) is 0 Å². The molecule has 1 saturated carbocycles. The summed E-state index contributed by atoms with van der Waals surface area (Å²) in [6, 6.07) is 11.3. The van der Waals surface area contributed by atoms with Crippen molar-refractivity contribution in [3.05, 3.63) is 35.9 Å². The summed E-state index contributed by atoms with van der Waals surface area (Å²) < 4.78 is 0. The van der Waals surface area contributed by atoms with Crippen LogP contribution in [0.2, 0.25) is 0 Å². The Bertz CT molecular complexity index is 500. The lowest BCUT2D eigenvalue weighted by Gasteiger charge is -2.25. The van der Waals surface area contributed by atoms with Crippen molar-refractivity contribution < 1.29 is 4.79 Å². The van der Waals surface area contributed by atoms with Crippen LogP contribution < -0.4 is 11.1 Å². The normalized spacial score (nSPS) is 26.5. The molecule has 1 saturated heterocycles. The number of amides is 1. The number of nitrogens with zero attached hydrogens (tertiary/aromatic N) is 1. The molecule has 3 rings (SSSR count). The molecule has 3 atom stereocenters. The van der Waals surface area contributed by atoms with Crippen molar-refractivity contribution in [3.63, 3.8) is 0 Å². The van der Waals surface area contributed by atoms with Gasteiger partial charge in [0.05, 0.1) is 0 Å². The maximum Gasteiger partial charge on any atom is 0.223 e. The standard InChI is InChI=1S/C18H27N3O.2ClH/c19-16-9-8-15(11-16)18(22)20-12-17-7-4-10-21(17)13-14-5-2-1-3-6-14;;/h1-3,5-6,15-17H,4,7-13,19H2,(H,20,22);2*1H. The van der Waals surface area contributed by atoms with Crippen molar-refractivity contribution in [2.45, 2.75) is 50.7 Å². The van der Waals surface area contributed by atoms with Gasteiger partial charge in [-0.05, 0) is 44.2 Å². The van der Waals surface area contributed by atoms with Gasteiger partial charge in [0.25, 0.3) is 0 Å². The van der Waals surface area contributed by atoms with Crippen LogP contribution >= 0.6 is 24.8 Å². The summed E-state index contributed by atoms with van der Waals surface area (Å²) in [7, 11) is 0. The molecular formula is C18H29Cl2N3O. The Hall–Kier alpha value is -0.810. The summed E-state index contributed by atoms with van der Waals surface area (Å²) in [5, 5.41) is 3.17. The molecule has 3 unspecified atom stereocenters. The van der Waals surface area contributed by atoms with Crippen LogP contribution in [0.5, 0.6) is 0 Å². The number of carbonyl (C=O) groups excluding carboxylic acids is 1. The van der Waals surface area contributed by atoms with Gasteiger partial charge in [-0.1, -0.05) is 30.3 Å². The monoisotopic (exact) mass is 373 g/mol. The van der Waals surface area contributed by atoms with E-state index in [2.05, 4.69) is 40.5 Å². The molecule has 2 fully saturated rings. The van der Waals surface area contributed by atoms with Gasteiger partial charge in [-0.25, -0.2) is 0 Å². The SMILES string of the molecule is Cl.Cl.NC1CCC(C(=O)NCC2CCCN2Cc2ccccc2)C1. The average molecular weight is 374 g/mol. The summed E-state index contributed by atoms with van der Waals surface area (Å²) in [4.78, 5) is 14.7. The molecular weight excluding hydrogens is 345 g/mol. The fourth-order valence-corrected chi connectivity index (χ4v) is 3.77. The predicted octanol–water partition coefficient (Wildman–Crippen LogP) is 2.74. The van der Waals surface area contributed by atoms with Gasteiger partial charge in [-0.2, -0.15) is 0 Å². The topological polar surface area (TPSA) is 58.4 Å². The Morgan fingerprint density at radius 3 is 2.58 bits per heavy atom. The van der Waals surface area contributed by atoms with Crippen molar-refractivity contribution in [1.82, 2.24) is 10.2 Å². The first kappa shape index (κ1) is 21.2. The smallest absolute Gasteiger partial charge is 0.223 e. The number of nitrogens with one attached hydrogen (secondary N) is 1. The van der Waals surface area contributed by atoms with Crippen molar-refractivity contribution >= 4 is 30.7 Å². The maximum atomic E-state index is 12.2. The largest absolute Gasteiger partial charge is 0.354 e. The van der Waals surface area contributed by atoms with Crippen molar-refractivity contribution in [2.24, 2.45) is 11.7 Å². The number of likely N-dealkylation sites (tertiary alicyclic amines) is 1. The minimum Gasteiger partial charge on any atom is -0.354 e. The van der Waals surface area contributed by atoms with Crippen LogP contribution in [0.15, 0.2) is 30.3 Å². The Labute approximate surface area is 157 Å². The van der Waals surface area contributed by atoms with Gasteiger partial charge in [0.2, 0.25) is 5.91 Å². The first-order valence-corrected chi connectivity index (χ1v) is 8.53. The molecule has 24 heavy (non-hydrogen) atoms. The highest BCUT2D eigenvalue weighted by molar-refractivity contribution is 5.85. The zero-order valence-corrected chi connectivity index (χ0v) is 15.7. The van der Waals surface area contributed by atoms with Gasteiger partial charge >= 0.3 is 0 Å². The van der Waals surface area contributed by atoms with Crippen molar-refractivity contribution in [3.8, 4) is 0 Å². The number of rotatable bonds is 5. The minimum atomic E-state index is 0. The molecule has 0 radical (unpaired) electrons. The van der Waals surface area contributed by atoms with Gasteiger partial charge in [0.15, 0.2) is 0 Å². The van der Waals surface area contributed by atoms with Gasteiger partial charge in [0, 0.05) is 31.1 Å². The van der Waals surface area contributed by atoms with Crippen molar-refractivity contribution in [1.29, 1.82) is 0 Å². The highest BCUT2D eigenvalue weighted by Gasteiger charge is 2.29. The molecule has 0 aromatic heterocycles. The molecule has 1 aliphatic heterocycles. The first-order valence-electron chi connectivity index (χ1n) is 8.53. The van der Waals surface area contributed by atoms with Crippen LogP contribution in [0.3, 0.4) is 0 Å². The second-order valence-electron chi connectivity index (χ2n) is 6.77. The lowest BCUT2D eigenvalue weighted by molar-refractivity contribution is -0.125. The van der Waals surface area contributed by atoms with Gasteiger partial charge < -0.3 is 11.1 Å². The van der Waals surface area contributed by atoms with Crippen LogP contribution in [-0.2, 0) is 11.3 Å². The van der Waals surface area contributed by atoms with Crippen LogP contribution in [0, 0.1) is 5.92 Å². The average Bonchev–Trinajstić information content (AvgIpc) is 3.15. The van der Waals surface area contributed by atoms with Gasteiger partial charge in [-0.15, -0.1) is 24.8 Å². The highest BCUT2D eigenvalue weighted by Crippen LogP contribution is 2.24. The molecule has 1 aliphatic carbocycles. The highest BCUT2D eigenvalue weighted by atomic mass is 35.5. The van der Waals surface area contributed by atoms with E-state index in [0.29, 0.717) is 6.04 Å². The molecule has 1 aromatic carbocycles. The second-order valence-corrected chi connectivity index (χ2v) is 6.77. The number of hydrogen-bond acceptors (Lipinski definition) is 3. The second kappa shape index (κ2) is 10.2. The summed E-state index contributed by atoms with van der Waals surface area (Å²) in [6.07, 6.45) is 5.19. The van der Waals surface area contributed by atoms with E-state index in [1.165, 1.54) is 18.4 Å². The lowest BCUT2D eigenvalue weighted by Crippen LogP contribution is -2.41. The zero-order valence-electron chi connectivity index (χ0n) is 14.0. The molecule has 1 aromatic rings. The van der Waals surface area contributed by atoms with Crippen LogP contribution in [0.25, 0.3) is 0 Å². The Balaban J connectivity index is 0.00000144. The van der Waals surface area contributed by atoms with E-state index in [9.17, 15) is 4.79 Å². The van der Waals surface area contributed by atoms with Gasteiger partial charge in [0.1, 0.15) is 0 Å². The number of nitrogens with two attached hydrogens (primary N) is 1. The molecule has 1 amide bonds. The molecule has 0 spiro atoms. The van der Waals surface area contributed by atoms with Crippen molar-refractivity contribution in [2.75, 3.05) is 13.1 Å². The molecule has 6 heteroatoms. The summed E-state index contributed by atoms with van der Waals surface area (Å²) in [5.41, 5.74) is 7.25. The molecule has 1 heterocycles. The predicted molar refractivity (Wildman–Crippen MR) is 103 cm³/mol. The lowest BCUT2D eigenvalue weighted by atomic mass is 10.1. The molecule has 3 N–H and O–H groups in total.